The van der Waals surface area contributed by atoms with Gasteiger partial charge in [-0.3, -0.25) is 4.79 Å². The summed E-state index contributed by atoms with van der Waals surface area (Å²) >= 11 is 0. The van der Waals surface area contributed by atoms with Crippen LogP contribution in [0.25, 0.3) is 0 Å². The summed E-state index contributed by atoms with van der Waals surface area (Å²) in [7, 11) is 3.10. The Balaban J connectivity index is 2.18. The van der Waals surface area contributed by atoms with Crippen LogP contribution in [0.4, 0.5) is 8.78 Å². The van der Waals surface area contributed by atoms with Crippen molar-refractivity contribution in [2.24, 2.45) is 0 Å². The first-order valence-electron chi connectivity index (χ1n) is 6.76. The number of carbonyl (C=O) groups is 1. The van der Waals surface area contributed by atoms with Gasteiger partial charge in [0.2, 0.25) is 0 Å². The Bertz CT molecular complexity index is 701. The number of carbonyl (C=O) groups excluding carboxylic acids is 1. The molecule has 0 spiro atoms. The maximum Gasteiger partial charge on any atom is 0.254 e. The Labute approximate surface area is 128 Å². The summed E-state index contributed by atoms with van der Waals surface area (Å²) in [6, 6.07) is 8.45. The van der Waals surface area contributed by atoms with E-state index in [1.165, 1.54) is 24.1 Å². The summed E-state index contributed by atoms with van der Waals surface area (Å²) in [6.07, 6.45) is 0. The van der Waals surface area contributed by atoms with Gasteiger partial charge in [-0.1, -0.05) is 12.1 Å². The lowest BCUT2D eigenvalue weighted by molar-refractivity contribution is 0.0783. The molecule has 5 heteroatoms. The second-order valence-electron chi connectivity index (χ2n) is 5.08. The molecule has 0 atom stereocenters. The zero-order valence-electron chi connectivity index (χ0n) is 12.7. The number of methoxy groups -OCH3 is 1. The van der Waals surface area contributed by atoms with Crippen LogP contribution in [0.3, 0.4) is 0 Å². The van der Waals surface area contributed by atoms with Gasteiger partial charge in [-0.15, -0.1) is 0 Å². The van der Waals surface area contributed by atoms with E-state index >= 15 is 0 Å². The molecule has 0 saturated heterocycles. The van der Waals surface area contributed by atoms with E-state index in [9.17, 15) is 13.6 Å². The molecule has 0 unspecified atom stereocenters. The lowest BCUT2D eigenvalue weighted by Gasteiger charge is -2.18. The van der Waals surface area contributed by atoms with E-state index < -0.39 is 11.6 Å². The van der Waals surface area contributed by atoms with Gasteiger partial charge in [-0.2, -0.15) is 0 Å². The largest absolute Gasteiger partial charge is 0.496 e. The van der Waals surface area contributed by atoms with Gasteiger partial charge in [-0.05, 0) is 30.7 Å². The fourth-order valence-corrected chi connectivity index (χ4v) is 2.15. The maximum atomic E-state index is 13.7. The highest BCUT2D eigenvalue weighted by atomic mass is 19.1. The van der Waals surface area contributed by atoms with Crippen LogP contribution in [-0.4, -0.2) is 25.0 Å². The highest BCUT2D eigenvalue weighted by molar-refractivity contribution is 5.94. The highest BCUT2D eigenvalue weighted by Gasteiger charge is 2.15. The van der Waals surface area contributed by atoms with Gasteiger partial charge in [-0.25, -0.2) is 8.78 Å². The summed E-state index contributed by atoms with van der Waals surface area (Å²) in [5, 5.41) is 0. The first-order valence-corrected chi connectivity index (χ1v) is 6.76. The number of benzene rings is 2. The molecule has 0 radical (unpaired) electrons. The fraction of sp³-hybridized carbons (Fsp3) is 0.235. The molecule has 0 saturated carbocycles. The van der Waals surface area contributed by atoms with Crippen molar-refractivity contribution in [2.45, 2.75) is 13.5 Å². The molecule has 0 heterocycles. The number of nitrogens with zero attached hydrogens (tertiary/aromatic N) is 1. The minimum Gasteiger partial charge on any atom is -0.496 e. The van der Waals surface area contributed by atoms with Crippen LogP contribution in [0.2, 0.25) is 0 Å². The Morgan fingerprint density at radius 1 is 1.18 bits per heavy atom. The van der Waals surface area contributed by atoms with Gasteiger partial charge < -0.3 is 9.64 Å². The second-order valence-corrected chi connectivity index (χ2v) is 5.08. The lowest BCUT2D eigenvalue weighted by atomic mass is 10.1. The fourth-order valence-electron chi connectivity index (χ4n) is 2.15. The molecule has 22 heavy (non-hydrogen) atoms. The molecule has 1 amide bonds. The van der Waals surface area contributed by atoms with Crippen LogP contribution < -0.4 is 4.74 Å². The minimum absolute atomic E-state index is 0.0567. The Morgan fingerprint density at radius 2 is 1.91 bits per heavy atom. The quantitative estimate of drug-likeness (QED) is 0.864. The first kappa shape index (κ1) is 15.9. The molecule has 2 rings (SSSR count). The summed E-state index contributed by atoms with van der Waals surface area (Å²) in [4.78, 5) is 13.8. The number of amides is 1. The molecule has 2 aromatic rings. The average Bonchev–Trinajstić information content (AvgIpc) is 2.49. The van der Waals surface area contributed by atoms with E-state index in [2.05, 4.69) is 0 Å². The van der Waals surface area contributed by atoms with Gasteiger partial charge >= 0.3 is 0 Å². The highest BCUT2D eigenvalue weighted by Crippen LogP contribution is 2.20. The smallest absolute Gasteiger partial charge is 0.254 e. The lowest BCUT2D eigenvalue weighted by Crippen LogP contribution is -2.26. The van der Waals surface area contributed by atoms with E-state index in [0.717, 1.165) is 11.6 Å². The molecule has 0 bridgehead atoms. The molecule has 0 N–H and O–H groups in total. The van der Waals surface area contributed by atoms with Crippen molar-refractivity contribution < 1.29 is 18.3 Å². The molecule has 0 aliphatic heterocycles. The van der Waals surface area contributed by atoms with Crippen LogP contribution in [0.15, 0.2) is 36.4 Å². The van der Waals surface area contributed by atoms with Gasteiger partial charge in [0.05, 0.1) is 7.11 Å². The molecule has 2 aromatic carbocycles. The van der Waals surface area contributed by atoms with Gasteiger partial charge in [0.25, 0.3) is 5.91 Å². The molecular weight excluding hydrogens is 288 g/mol. The van der Waals surface area contributed by atoms with Gasteiger partial charge in [0, 0.05) is 30.8 Å². The van der Waals surface area contributed by atoms with E-state index in [4.69, 9.17) is 4.74 Å². The average molecular weight is 305 g/mol. The van der Waals surface area contributed by atoms with Crippen LogP contribution in [0.1, 0.15) is 21.5 Å². The summed E-state index contributed by atoms with van der Waals surface area (Å²) in [5.41, 5.74) is 1.63. The number of aryl methyl sites for hydroxylation is 1. The Kier molecular flexibility index (Phi) is 4.75. The minimum atomic E-state index is -0.666. The van der Waals surface area contributed by atoms with Crippen molar-refractivity contribution >= 4 is 5.91 Å². The molecule has 3 nitrogen and oxygen atoms in total. The third-order valence-corrected chi connectivity index (χ3v) is 3.42. The molecular formula is C17H17F2NO2. The van der Waals surface area contributed by atoms with E-state index in [-0.39, 0.29) is 18.0 Å². The third-order valence-electron chi connectivity index (χ3n) is 3.42. The molecule has 0 fully saturated rings. The van der Waals surface area contributed by atoms with Crippen LogP contribution >= 0.6 is 0 Å². The molecule has 0 aliphatic rings. The molecule has 0 aliphatic carbocycles. The number of hydrogen-bond acceptors (Lipinski definition) is 2. The predicted molar refractivity (Wildman–Crippen MR) is 79.9 cm³/mol. The van der Waals surface area contributed by atoms with Crippen LogP contribution in [0.5, 0.6) is 5.75 Å². The maximum absolute atomic E-state index is 13.7. The van der Waals surface area contributed by atoms with E-state index in [1.54, 1.807) is 25.2 Å². The number of rotatable bonds is 4. The SMILES string of the molecule is COc1cc(C(=O)N(C)Cc2ccc(F)cc2F)ccc1C. The zero-order valence-corrected chi connectivity index (χ0v) is 12.7. The van der Waals surface area contributed by atoms with Crippen molar-refractivity contribution in [2.75, 3.05) is 14.2 Å². The summed E-state index contributed by atoms with van der Waals surface area (Å²) in [6.45, 7) is 1.94. The van der Waals surface area contributed by atoms with Crippen molar-refractivity contribution in [1.29, 1.82) is 0 Å². The predicted octanol–water partition coefficient (Wildman–Crippen LogP) is 3.55. The van der Waals surface area contributed by atoms with Crippen LogP contribution in [-0.2, 0) is 6.54 Å². The first-order chi connectivity index (χ1) is 10.4. The molecule has 0 aromatic heterocycles. The normalized spacial score (nSPS) is 10.4. The Morgan fingerprint density at radius 3 is 2.55 bits per heavy atom. The number of ether oxygens (including phenoxy) is 1. The van der Waals surface area contributed by atoms with Gasteiger partial charge in [0.1, 0.15) is 17.4 Å². The zero-order chi connectivity index (χ0) is 16.3. The Hall–Kier alpha value is -2.43. The summed E-state index contributed by atoms with van der Waals surface area (Å²) in [5.74, 6) is -0.950. The third kappa shape index (κ3) is 3.42. The van der Waals surface area contributed by atoms with E-state index in [1.807, 2.05) is 6.92 Å². The van der Waals surface area contributed by atoms with Crippen molar-refractivity contribution in [3.05, 3.63) is 64.7 Å². The monoisotopic (exact) mass is 305 g/mol. The number of hydrogen-bond donors (Lipinski definition) is 0. The molecule has 116 valence electrons. The van der Waals surface area contributed by atoms with Crippen LogP contribution in [0, 0.1) is 18.6 Å². The number of halogens is 2. The second kappa shape index (κ2) is 6.56. The van der Waals surface area contributed by atoms with Crippen molar-refractivity contribution in [1.82, 2.24) is 4.90 Å². The van der Waals surface area contributed by atoms with Crippen molar-refractivity contribution in [3.8, 4) is 5.75 Å². The van der Waals surface area contributed by atoms with Crippen molar-refractivity contribution in [3.63, 3.8) is 0 Å². The summed E-state index contributed by atoms with van der Waals surface area (Å²) < 4.78 is 31.7. The topological polar surface area (TPSA) is 29.5 Å². The standard InChI is InChI=1S/C17H17F2NO2/c1-11-4-5-12(8-16(11)22-3)17(21)20(2)10-13-6-7-14(18)9-15(13)19/h4-9H,10H2,1-3H3. The van der Waals surface area contributed by atoms with Gasteiger partial charge in [0.15, 0.2) is 0 Å². The van der Waals surface area contributed by atoms with E-state index in [0.29, 0.717) is 11.3 Å².